The van der Waals surface area contributed by atoms with Crippen molar-refractivity contribution in [1.29, 1.82) is 0 Å². The lowest BCUT2D eigenvalue weighted by Crippen LogP contribution is -2.37. The smallest absolute Gasteiger partial charge is 0.229 e. The Kier molecular flexibility index (Phi) is 2.69. The fraction of sp³-hybridized carbons (Fsp3) is 0.357. The summed E-state index contributed by atoms with van der Waals surface area (Å²) in [7, 11) is 3.68. The number of carbonyl (C=O) groups is 1. The number of aryl methyl sites for hydroxylation is 1. The van der Waals surface area contributed by atoms with Gasteiger partial charge in [0.25, 0.3) is 0 Å². The molecule has 0 aliphatic carbocycles. The second kappa shape index (κ2) is 3.91. The van der Waals surface area contributed by atoms with Crippen molar-refractivity contribution in [1.82, 2.24) is 9.88 Å². The van der Waals surface area contributed by atoms with E-state index in [-0.39, 0.29) is 5.91 Å². The molecule has 0 aliphatic rings. The number of hydrogen-bond donors (Lipinski definition) is 1. The van der Waals surface area contributed by atoms with Crippen molar-refractivity contribution in [3.8, 4) is 0 Å². The normalized spacial score (nSPS) is 11.8. The molecule has 1 aromatic heterocycles. The van der Waals surface area contributed by atoms with Gasteiger partial charge in [-0.05, 0) is 25.5 Å². The minimum atomic E-state index is -0.518. The third kappa shape index (κ3) is 1.71. The second-order valence-electron chi connectivity index (χ2n) is 4.87. The molecular formula is C14H18N2O. The maximum Gasteiger partial charge on any atom is 0.229 e. The van der Waals surface area contributed by atoms with E-state index in [1.807, 2.05) is 39.2 Å². The molecule has 0 spiro atoms. The number of amides is 1. The van der Waals surface area contributed by atoms with Gasteiger partial charge >= 0.3 is 0 Å². The minimum Gasteiger partial charge on any atom is -0.358 e. The van der Waals surface area contributed by atoms with Crippen LogP contribution in [0.2, 0.25) is 0 Å². The van der Waals surface area contributed by atoms with Crippen molar-refractivity contribution in [3.05, 3.63) is 36.0 Å². The lowest BCUT2D eigenvalue weighted by molar-refractivity contribution is -0.125. The van der Waals surface area contributed by atoms with E-state index < -0.39 is 5.41 Å². The van der Waals surface area contributed by atoms with Crippen LogP contribution in [-0.2, 0) is 17.3 Å². The Morgan fingerprint density at radius 1 is 1.29 bits per heavy atom. The molecule has 0 aliphatic heterocycles. The molecule has 0 fully saturated rings. The van der Waals surface area contributed by atoms with E-state index in [0.717, 1.165) is 16.5 Å². The molecule has 1 amide bonds. The molecule has 0 bridgehead atoms. The zero-order valence-corrected chi connectivity index (χ0v) is 10.7. The lowest BCUT2D eigenvalue weighted by atomic mass is 9.83. The fourth-order valence-corrected chi connectivity index (χ4v) is 2.27. The average molecular weight is 230 g/mol. The number of rotatable bonds is 2. The van der Waals surface area contributed by atoms with Crippen LogP contribution in [0, 0.1) is 0 Å². The van der Waals surface area contributed by atoms with E-state index in [9.17, 15) is 4.79 Å². The highest BCUT2D eigenvalue weighted by atomic mass is 16.2. The maximum atomic E-state index is 12.0. The Bertz CT molecular complexity index is 567. The predicted molar refractivity (Wildman–Crippen MR) is 70.0 cm³/mol. The zero-order chi connectivity index (χ0) is 12.6. The number of nitrogens with one attached hydrogen (secondary N) is 1. The van der Waals surface area contributed by atoms with Crippen molar-refractivity contribution in [3.63, 3.8) is 0 Å². The topological polar surface area (TPSA) is 34.0 Å². The summed E-state index contributed by atoms with van der Waals surface area (Å²) in [5.74, 6) is 0.0360. The molecule has 0 unspecified atom stereocenters. The van der Waals surface area contributed by atoms with Gasteiger partial charge in [0.1, 0.15) is 0 Å². The van der Waals surface area contributed by atoms with Gasteiger partial charge in [-0.3, -0.25) is 4.79 Å². The van der Waals surface area contributed by atoms with Gasteiger partial charge in [0, 0.05) is 31.2 Å². The number of benzene rings is 1. The highest BCUT2D eigenvalue weighted by molar-refractivity contribution is 5.94. The quantitative estimate of drug-likeness (QED) is 0.843. The van der Waals surface area contributed by atoms with E-state index >= 15 is 0 Å². The van der Waals surface area contributed by atoms with Crippen molar-refractivity contribution in [2.45, 2.75) is 19.3 Å². The number of likely N-dealkylation sites (N-methyl/N-ethyl adjacent to an activating group) is 1. The van der Waals surface area contributed by atoms with Crippen LogP contribution in [0.5, 0.6) is 0 Å². The molecule has 3 nitrogen and oxygen atoms in total. The van der Waals surface area contributed by atoms with Crippen LogP contribution < -0.4 is 5.32 Å². The van der Waals surface area contributed by atoms with Gasteiger partial charge in [-0.25, -0.2) is 0 Å². The summed E-state index contributed by atoms with van der Waals surface area (Å²) >= 11 is 0. The molecule has 17 heavy (non-hydrogen) atoms. The van der Waals surface area contributed by atoms with Gasteiger partial charge < -0.3 is 9.88 Å². The van der Waals surface area contributed by atoms with Gasteiger partial charge in [-0.2, -0.15) is 0 Å². The number of para-hydroxylation sites is 1. The monoisotopic (exact) mass is 230 g/mol. The molecule has 0 atom stereocenters. The van der Waals surface area contributed by atoms with Gasteiger partial charge in [-0.15, -0.1) is 0 Å². The zero-order valence-electron chi connectivity index (χ0n) is 10.7. The standard InChI is InChI=1S/C14H18N2O/c1-14(2,13(17)15-3)11-9-16(4)12-8-6-5-7-10(11)12/h5-9H,1-4H3,(H,15,17). The Morgan fingerprint density at radius 3 is 2.59 bits per heavy atom. The summed E-state index contributed by atoms with van der Waals surface area (Å²) in [4.78, 5) is 12.0. The van der Waals surface area contributed by atoms with Crippen LogP contribution in [0.3, 0.4) is 0 Å². The van der Waals surface area contributed by atoms with Crippen molar-refractivity contribution in [2.24, 2.45) is 7.05 Å². The fourth-order valence-electron chi connectivity index (χ4n) is 2.27. The Labute approximate surface area is 101 Å². The Morgan fingerprint density at radius 2 is 1.94 bits per heavy atom. The van der Waals surface area contributed by atoms with Crippen LogP contribution in [0.4, 0.5) is 0 Å². The molecule has 0 saturated heterocycles. The third-order valence-electron chi connectivity index (χ3n) is 3.37. The molecule has 1 heterocycles. The summed E-state index contributed by atoms with van der Waals surface area (Å²) in [5, 5.41) is 3.87. The van der Waals surface area contributed by atoms with Crippen LogP contribution in [0.1, 0.15) is 19.4 Å². The van der Waals surface area contributed by atoms with E-state index in [0.29, 0.717) is 0 Å². The van der Waals surface area contributed by atoms with Crippen LogP contribution in [-0.4, -0.2) is 17.5 Å². The number of hydrogen-bond acceptors (Lipinski definition) is 1. The SMILES string of the molecule is CNC(=O)C(C)(C)c1cn(C)c2ccccc12. The van der Waals surface area contributed by atoms with E-state index in [2.05, 4.69) is 22.0 Å². The first-order valence-electron chi connectivity index (χ1n) is 5.75. The summed E-state index contributed by atoms with van der Waals surface area (Å²) in [6, 6.07) is 8.15. The Hall–Kier alpha value is -1.77. The summed E-state index contributed by atoms with van der Waals surface area (Å²) in [5.41, 5.74) is 1.70. The lowest BCUT2D eigenvalue weighted by Gasteiger charge is -2.22. The maximum absolute atomic E-state index is 12.0. The highest BCUT2D eigenvalue weighted by Crippen LogP contribution is 2.31. The first-order valence-corrected chi connectivity index (χ1v) is 5.75. The van der Waals surface area contributed by atoms with E-state index in [1.165, 1.54) is 0 Å². The molecule has 0 radical (unpaired) electrons. The molecule has 3 heteroatoms. The van der Waals surface area contributed by atoms with Gasteiger partial charge in [-0.1, -0.05) is 18.2 Å². The minimum absolute atomic E-state index is 0.0360. The van der Waals surface area contributed by atoms with Crippen molar-refractivity contribution >= 4 is 16.8 Å². The highest BCUT2D eigenvalue weighted by Gasteiger charge is 2.31. The first-order chi connectivity index (χ1) is 7.98. The number of fused-ring (bicyclic) bond motifs is 1. The third-order valence-corrected chi connectivity index (χ3v) is 3.37. The predicted octanol–water partition coefficient (Wildman–Crippen LogP) is 2.20. The number of aromatic nitrogens is 1. The Balaban J connectivity index is 2.68. The molecule has 1 N–H and O–H groups in total. The first kappa shape index (κ1) is 11.7. The largest absolute Gasteiger partial charge is 0.358 e. The van der Waals surface area contributed by atoms with Gasteiger partial charge in [0.05, 0.1) is 5.41 Å². The van der Waals surface area contributed by atoms with E-state index in [4.69, 9.17) is 0 Å². The molecular weight excluding hydrogens is 212 g/mol. The summed E-state index contributed by atoms with van der Waals surface area (Å²) in [6.07, 6.45) is 2.04. The van der Waals surface area contributed by atoms with Gasteiger partial charge in [0.15, 0.2) is 0 Å². The van der Waals surface area contributed by atoms with Crippen LogP contribution >= 0.6 is 0 Å². The second-order valence-corrected chi connectivity index (χ2v) is 4.87. The molecule has 90 valence electrons. The molecule has 2 aromatic rings. The summed E-state index contributed by atoms with van der Waals surface area (Å²) < 4.78 is 2.06. The van der Waals surface area contributed by atoms with Crippen molar-refractivity contribution < 1.29 is 4.79 Å². The number of nitrogens with zero attached hydrogens (tertiary/aromatic N) is 1. The molecule has 2 rings (SSSR count). The van der Waals surface area contributed by atoms with Crippen molar-refractivity contribution in [2.75, 3.05) is 7.05 Å². The molecule has 1 aromatic carbocycles. The number of carbonyl (C=O) groups excluding carboxylic acids is 1. The average Bonchev–Trinajstić information content (AvgIpc) is 2.67. The van der Waals surface area contributed by atoms with Crippen LogP contribution in [0.25, 0.3) is 10.9 Å². The van der Waals surface area contributed by atoms with Gasteiger partial charge in [0.2, 0.25) is 5.91 Å². The van der Waals surface area contributed by atoms with Crippen LogP contribution in [0.15, 0.2) is 30.5 Å². The summed E-state index contributed by atoms with van der Waals surface area (Å²) in [6.45, 7) is 3.90. The molecule has 0 saturated carbocycles. The van der Waals surface area contributed by atoms with E-state index in [1.54, 1.807) is 7.05 Å².